The van der Waals surface area contributed by atoms with E-state index in [1.807, 2.05) is 97.1 Å². The van der Waals surface area contributed by atoms with E-state index in [0.29, 0.717) is 6.61 Å². The summed E-state index contributed by atoms with van der Waals surface area (Å²) in [7, 11) is -2.90. The van der Waals surface area contributed by atoms with Gasteiger partial charge in [0.15, 0.2) is 6.29 Å². The SMILES string of the molecule is CC(C)(C)[Si](OC[C@H]1OC(O)[C@H](O)[C@@H](OCc2ccccc2)[C@@H]1OCc1ccccc1)(c1ccccc1)c1ccccc1. The normalized spacial score (nSPS) is 22.8. The summed E-state index contributed by atoms with van der Waals surface area (Å²) >= 11 is 0. The zero-order valence-electron chi connectivity index (χ0n) is 25.1. The van der Waals surface area contributed by atoms with Crippen molar-refractivity contribution in [3.8, 4) is 0 Å². The third-order valence-corrected chi connectivity index (χ3v) is 13.1. The lowest BCUT2D eigenvalue weighted by Gasteiger charge is -2.46. The summed E-state index contributed by atoms with van der Waals surface area (Å²) in [4.78, 5) is 0. The lowest BCUT2D eigenvalue weighted by atomic mass is 9.98. The molecule has 0 aliphatic carbocycles. The topological polar surface area (TPSA) is 77.4 Å². The molecule has 1 aliphatic rings. The van der Waals surface area contributed by atoms with Gasteiger partial charge in [0.1, 0.15) is 24.4 Å². The van der Waals surface area contributed by atoms with Crippen molar-refractivity contribution in [1.82, 2.24) is 0 Å². The first-order chi connectivity index (χ1) is 20.8. The highest BCUT2D eigenvalue weighted by Crippen LogP contribution is 2.38. The Kier molecular flexibility index (Phi) is 10.3. The van der Waals surface area contributed by atoms with Gasteiger partial charge in [-0.05, 0) is 26.5 Å². The van der Waals surface area contributed by atoms with Gasteiger partial charge < -0.3 is 28.8 Å². The highest BCUT2D eigenvalue weighted by Gasteiger charge is 2.52. The zero-order chi connectivity index (χ0) is 30.3. The molecule has 1 fully saturated rings. The molecule has 4 aromatic carbocycles. The fraction of sp³-hybridized carbons (Fsp3) is 0.333. The minimum atomic E-state index is -2.90. The van der Waals surface area contributed by atoms with E-state index in [9.17, 15) is 10.2 Å². The summed E-state index contributed by atoms with van der Waals surface area (Å²) in [5.74, 6) is 0. The van der Waals surface area contributed by atoms with Crippen molar-refractivity contribution in [1.29, 1.82) is 0 Å². The number of hydrogen-bond donors (Lipinski definition) is 2. The molecular weight excluding hydrogens is 556 g/mol. The largest absolute Gasteiger partial charge is 0.405 e. The number of rotatable bonds is 11. The number of ether oxygens (including phenoxy) is 3. The second-order valence-electron chi connectivity index (χ2n) is 12.1. The van der Waals surface area contributed by atoms with E-state index in [1.54, 1.807) is 0 Å². The van der Waals surface area contributed by atoms with E-state index < -0.39 is 39.0 Å². The van der Waals surface area contributed by atoms with Gasteiger partial charge in [-0.15, -0.1) is 0 Å². The Labute approximate surface area is 256 Å². The molecule has 226 valence electrons. The Hall–Kier alpha value is -3.14. The van der Waals surface area contributed by atoms with Gasteiger partial charge in [0.05, 0.1) is 19.8 Å². The monoisotopic (exact) mass is 598 g/mol. The number of benzene rings is 4. The van der Waals surface area contributed by atoms with Crippen LogP contribution in [0.4, 0.5) is 0 Å². The van der Waals surface area contributed by atoms with Gasteiger partial charge >= 0.3 is 0 Å². The average Bonchev–Trinajstić information content (AvgIpc) is 3.03. The van der Waals surface area contributed by atoms with Crippen LogP contribution in [0.25, 0.3) is 0 Å². The Balaban J connectivity index is 1.48. The van der Waals surface area contributed by atoms with Crippen molar-refractivity contribution in [2.24, 2.45) is 0 Å². The van der Waals surface area contributed by atoms with Crippen LogP contribution in [0.1, 0.15) is 31.9 Å². The minimum absolute atomic E-state index is 0.141. The van der Waals surface area contributed by atoms with Crippen LogP contribution in [-0.2, 0) is 31.9 Å². The highest BCUT2D eigenvalue weighted by atomic mass is 28.4. The van der Waals surface area contributed by atoms with Crippen LogP contribution in [0.5, 0.6) is 0 Å². The molecule has 0 radical (unpaired) electrons. The summed E-state index contributed by atoms with van der Waals surface area (Å²) < 4.78 is 26.0. The second kappa shape index (κ2) is 14.1. The van der Waals surface area contributed by atoms with E-state index in [2.05, 4.69) is 45.0 Å². The first-order valence-electron chi connectivity index (χ1n) is 14.9. The molecule has 5 atom stereocenters. The van der Waals surface area contributed by atoms with Crippen molar-refractivity contribution in [2.45, 2.75) is 69.7 Å². The summed E-state index contributed by atoms with van der Waals surface area (Å²) in [6.45, 7) is 7.33. The maximum Gasteiger partial charge on any atom is 0.261 e. The van der Waals surface area contributed by atoms with Crippen LogP contribution in [0.3, 0.4) is 0 Å². The van der Waals surface area contributed by atoms with Crippen molar-refractivity contribution in [3.05, 3.63) is 132 Å². The van der Waals surface area contributed by atoms with Crippen molar-refractivity contribution in [2.75, 3.05) is 6.61 Å². The Morgan fingerprint density at radius 3 is 1.49 bits per heavy atom. The second-order valence-corrected chi connectivity index (χ2v) is 16.4. The van der Waals surface area contributed by atoms with E-state index in [0.717, 1.165) is 21.5 Å². The van der Waals surface area contributed by atoms with Crippen molar-refractivity contribution >= 4 is 18.7 Å². The standard InChI is InChI=1S/C36H42O6Si/c1-36(2,3)43(29-20-12-6-13-21-29,30-22-14-7-15-23-30)41-26-31-33(39-24-27-16-8-4-9-17-27)34(32(37)35(38)42-31)40-25-28-18-10-5-11-19-28/h4-23,31-35,37-38H,24-26H2,1-3H3/t31-,32-,33-,34-,35?/m1/s1. The van der Waals surface area contributed by atoms with Gasteiger partial charge in [0, 0.05) is 0 Å². The number of aliphatic hydroxyl groups excluding tert-OH is 2. The van der Waals surface area contributed by atoms with Gasteiger partial charge in [-0.1, -0.05) is 142 Å². The predicted molar refractivity (Wildman–Crippen MR) is 170 cm³/mol. The lowest BCUT2D eigenvalue weighted by Crippen LogP contribution is -2.68. The van der Waals surface area contributed by atoms with E-state index in [4.69, 9.17) is 18.6 Å². The Morgan fingerprint density at radius 2 is 1.05 bits per heavy atom. The van der Waals surface area contributed by atoms with Gasteiger partial charge in [0.2, 0.25) is 0 Å². The van der Waals surface area contributed by atoms with E-state index in [-0.39, 0.29) is 18.3 Å². The first-order valence-corrected chi connectivity index (χ1v) is 16.8. The van der Waals surface area contributed by atoms with E-state index in [1.165, 1.54) is 0 Å². The lowest BCUT2D eigenvalue weighted by molar-refractivity contribution is -0.304. The van der Waals surface area contributed by atoms with Crippen LogP contribution in [0.2, 0.25) is 5.04 Å². The summed E-state index contributed by atoms with van der Waals surface area (Å²) in [5.41, 5.74) is 1.94. The molecule has 7 heteroatoms. The first kappa shape index (κ1) is 31.3. The molecule has 43 heavy (non-hydrogen) atoms. The van der Waals surface area contributed by atoms with Crippen molar-refractivity contribution < 1.29 is 28.8 Å². The third-order valence-electron chi connectivity index (χ3n) is 8.08. The Bertz CT molecular complexity index is 1340. The molecule has 1 heterocycles. The van der Waals surface area contributed by atoms with Gasteiger partial charge in [-0.2, -0.15) is 0 Å². The minimum Gasteiger partial charge on any atom is -0.405 e. The van der Waals surface area contributed by atoms with Gasteiger partial charge in [0.25, 0.3) is 8.32 Å². The molecular formula is C36H42O6Si. The quantitative estimate of drug-likeness (QED) is 0.241. The summed E-state index contributed by atoms with van der Waals surface area (Å²) in [5, 5.41) is 24.0. The predicted octanol–water partition coefficient (Wildman–Crippen LogP) is 4.81. The maximum absolute atomic E-state index is 11.1. The van der Waals surface area contributed by atoms with Crippen LogP contribution in [-0.4, -0.2) is 55.8 Å². The Morgan fingerprint density at radius 1 is 0.628 bits per heavy atom. The molecule has 0 saturated carbocycles. The average molecular weight is 599 g/mol. The molecule has 6 nitrogen and oxygen atoms in total. The summed E-state index contributed by atoms with van der Waals surface area (Å²) in [6.07, 6.45) is -5.01. The molecule has 1 unspecified atom stereocenters. The molecule has 1 aliphatic heterocycles. The van der Waals surface area contributed by atoms with E-state index >= 15 is 0 Å². The maximum atomic E-state index is 11.1. The van der Waals surface area contributed by atoms with Crippen LogP contribution < -0.4 is 10.4 Å². The van der Waals surface area contributed by atoms with Crippen LogP contribution in [0, 0.1) is 0 Å². The van der Waals surface area contributed by atoms with Crippen LogP contribution >= 0.6 is 0 Å². The van der Waals surface area contributed by atoms with Crippen LogP contribution in [0.15, 0.2) is 121 Å². The smallest absolute Gasteiger partial charge is 0.261 e. The molecule has 0 bridgehead atoms. The molecule has 4 aromatic rings. The molecule has 5 rings (SSSR count). The molecule has 0 amide bonds. The molecule has 0 aromatic heterocycles. The van der Waals surface area contributed by atoms with Crippen molar-refractivity contribution in [3.63, 3.8) is 0 Å². The fourth-order valence-corrected chi connectivity index (χ4v) is 10.5. The number of hydrogen-bond acceptors (Lipinski definition) is 6. The van der Waals surface area contributed by atoms with Gasteiger partial charge in [-0.25, -0.2) is 0 Å². The molecule has 2 N–H and O–H groups in total. The number of aliphatic hydroxyl groups is 2. The highest BCUT2D eigenvalue weighted by molar-refractivity contribution is 6.99. The summed E-state index contributed by atoms with van der Waals surface area (Å²) in [6, 6.07) is 40.4. The fourth-order valence-electron chi connectivity index (χ4n) is 5.94. The molecule has 1 saturated heterocycles. The zero-order valence-corrected chi connectivity index (χ0v) is 26.1. The third kappa shape index (κ3) is 7.16. The van der Waals surface area contributed by atoms with Gasteiger partial charge in [-0.3, -0.25) is 0 Å². The molecule has 0 spiro atoms.